The van der Waals surface area contributed by atoms with Crippen molar-refractivity contribution in [1.82, 2.24) is 9.97 Å². The number of aryl methyl sites for hydroxylation is 1. The summed E-state index contributed by atoms with van der Waals surface area (Å²) in [5, 5.41) is 3.58. The maximum atomic E-state index is 5.59. The van der Waals surface area contributed by atoms with Gasteiger partial charge in [0.15, 0.2) is 0 Å². The van der Waals surface area contributed by atoms with E-state index >= 15 is 0 Å². The van der Waals surface area contributed by atoms with E-state index in [2.05, 4.69) is 27.6 Å². The highest BCUT2D eigenvalue weighted by Crippen LogP contribution is 2.49. The fraction of sp³-hybridized carbons (Fsp3) is 0.750. The van der Waals surface area contributed by atoms with Gasteiger partial charge in [-0.3, -0.25) is 0 Å². The van der Waals surface area contributed by atoms with Gasteiger partial charge in [-0.25, -0.2) is 15.8 Å². The van der Waals surface area contributed by atoms with Crippen molar-refractivity contribution in [2.24, 2.45) is 23.6 Å². The van der Waals surface area contributed by atoms with Gasteiger partial charge in [-0.1, -0.05) is 6.92 Å². The normalized spacial score (nSPS) is 18.1. The number of nitrogens with one attached hydrogen (secondary N) is 2. The Kier molecular flexibility index (Phi) is 4.29. The number of nitrogen functional groups attached to an aromatic ring is 1. The molecule has 5 heteroatoms. The van der Waals surface area contributed by atoms with E-state index in [-0.39, 0.29) is 0 Å². The Hall–Kier alpha value is -1.36. The summed E-state index contributed by atoms with van der Waals surface area (Å²) in [5.41, 5.74) is 3.72. The molecule has 0 unspecified atom stereocenters. The molecule has 1 aromatic heterocycles. The Morgan fingerprint density at radius 3 is 2.29 bits per heavy atom. The maximum Gasteiger partial charge on any atom is 0.148 e. The lowest BCUT2D eigenvalue weighted by molar-refractivity contribution is 0.427. The molecule has 2 aliphatic rings. The second-order valence-corrected chi connectivity index (χ2v) is 6.58. The molecule has 0 atom stereocenters. The topological polar surface area (TPSA) is 75.9 Å². The molecule has 0 aliphatic heterocycles. The number of hydrogen-bond donors (Lipinski definition) is 3. The van der Waals surface area contributed by atoms with Crippen LogP contribution in [0.1, 0.15) is 50.4 Å². The number of rotatable bonds is 8. The van der Waals surface area contributed by atoms with Gasteiger partial charge in [0.25, 0.3) is 0 Å². The van der Waals surface area contributed by atoms with Gasteiger partial charge in [0.1, 0.15) is 17.5 Å². The third kappa shape index (κ3) is 3.46. The van der Waals surface area contributed by atoms with Gasteiger partial charge in [-0.15, -0.1) is 0 Å². The maximum absolute atomic E-state index is 5.59. The van der Waals surface area contributed by atoms with Crippen molar-refractivity contribution < 1.29 is 0 Å². The highest BCUT2D eigenvalue weighted by Gasteiger charge is 2.41. The van der Waals surface area contributed by atoms with Gasteiger partial charge < -0.3 is 10.7 Å². The van der Waals surface area contributed by atoms with Crippen molar-refractivity contribution in [2.45, 2.75) is 52.4 Å². The molecule has 0 aromatic carbocycles. The van der Waals surface area contributed by atoms with Crippen LogP contribution in [0.25, 0.3) is 0 Å². The van der Waals surface area contributed by atoms with Crippen LogP contribution < -0.4 is 16.6 Å². The average Bonchev–Trinajstić information content (AvgIpc) is 3.36. The van der Waals surface area contributed by atoms with E-state index in [0.717, 1.165) is 60.2 Å². The zero-order valence-electron chi connectivity index (χ0n) is 13.2. The monoisotopic (exact) mass is 289 g/mol. The quantitative estimate of drug-likeness (QED) is 0.507. The van der Waals surface area contributed by atoms with Crippen molar-refractivity contribution in [2.75, 3.05) is 17.3 Å². The predicted octanol–water partition coefficient (Wildman–Crippen LogP) is 2.87. The molecule has 1 aromatic rings. The van der Waals surface area contributed by atoms with E-state index in [1.54, 1.807) is 0 Å². The van der Waals surface area contributed by atoms with Crippen LogP contribution in [0.15, 0.2) is 0 Å². The van der Waals surface area contributed by atoms with Crippen molar-refractivity contribution in [3.8, 4) is 0 Å². The Morgan fingerprint density at radius 1 is 1.14 bits per heavy atom. The Bertz CT molecular complexity index is 482. The van der Waals surface area contributed by atoms with Gasteiger partial charge in [-0.2, -0.15) is 0 Å². The average molecular weight is 289 g/mol. The summed E-state index contributed by atoms with van der Waals surface area (Å²) in [6, 6.07) is 0. The summed E-state index contributed by atoms with van der Waals surface area (Å²) >= 11 is 0. The first-order valence-electron chi connectivity index (χ1n) is 8.31. The van der Waals surface area contributed by atoms with Crippen LogP contribution in [0.5, 0.6) is 0 Å². The van der Waals surface area contributed by atoms with E-state index in [1.165, 1.54) is 25.7 Å². The molecule has 2 aliphatic carbocycles. The van der Waals surface area contributed by atoms with Crippen LogP contribution in [-0.2, 0) is 6.42 Å². The Balaban J connectivity index is 1.71. The molecule has 21 heavy (non-hydrogen) atoms. The molecule has 1 heterocycles. The van der Waals surface area contributed by atoms with E-state index in [9.17, 15) is 0 Å². The molecule has 2 fully saturated rings. The van der Waals surface area contributed by atoms with Crippen LogP contribution in [0.3, 0.4) is 0 Å². The van der Waals surface area contributed by atoms with E-state index in [0.29, 0.717) is 0 Å². The second kappa shape index (κ2) is 6.18. The van der Waals surface area contributed by atoms with Gasteiger partial charge >= 0.3 is 0 Å². The molecule has 0 amide bonds. The molecular formula is C16H27N5. The highest BCUT2D eigenvalue weighted by molar-refractivity contribution is 5.56. The SMILES string of the molecule is CCCc1nc(NN)c(C)c(NCC(C2CC2)C2CC2)n1. The molecule has 3 rings (SSSR count). The first-order chi connectivity index (χ1) is 10.2. The molecule has 4 N–H and O–H groups in total. The number of nitrogens with zero attached hydrogens (tertiary/aromatic N) is 2. The molecule has 0 spiro atoms. The van der Waals surface area contributed by atoms with Gasteiger partial charge in [-0.05, 0) is 56.8 Å². The molecule has 0 bridgehead atoms. The smallest absolute Gasteiger partial charge is 0.148 e. The van der Waals surface area contributed by atoms with Crippen molar-refractivity contribution >= 4 is 11.6 Å². The zero-order chi connectivity index (χ0) is 14.8. The molecule has 0 radical (unpaired) electrons. The summed E-state index contributed by atoms with van der Waals surface area (Å²) in [6.45, 7) is 5.21. The van der Waals surface area contributed by atoms with Crippen LogP contribution in [0, 0.1) is 24.7 Å². The number of nitrogens with two attached hydrogens (primary N) is 1. The molecule has 116 valence electrons. The molecule has 0 saturated heterocycles. The summed E-state index contributed by atoms with van der Waals surface area (Å²) < 4.78 is 0. The summed E-state index contributed by atoms with van der Waals surface area (Å²) in [7, 11) is 0. The third-order valence-corrected chi connectivity index (χ3v) is 4.76. The van der Waals surface area contributed by atoms with E-state index in [1.807, 2.05) is 6.92 Å². The highest BCUT2D eigenvalue weighted by atomic mass is 15.3. The predicted molar refractivity (Wildman–Crippen MR) is 86.0 cm³/mol. The molecule has 2 saturated carbocycles. The van der Waals surface area contributed by atoms with Crippen LogP contribution in [0.2, 0.25) is 0 Å². The lowest BCUT2D eigenvalue weighted by Gasteiger charge is -2.19. The molecule has 5 nitrogen and oxygen atoms in total. The number of hydrazine groups is 1. The largest absolute Gasteiger partial charge is 0.369 e. The van der Waals surface area contributed by atoms with Gasteiger partial charge in [0.2, 0.25) is 0 Å². The zero-order valence-corrected chi connectivity index (χ0v) is 13.2. The number of aromatic nitrogens is 2. The minimum absolute atomic E-state index is 0.741. The van der Waals surface area contributed by atoms with Crippen LogP contribution in [-0.4, -0.2) is 16.5 Å². The standard InChI is InChI=1S/C16H27N5/c1-3-4-14-19-15(10(2)16(20-14)21-17)18-9-13(11-5-6-11)12-7-8-12/h11-13H,3-9,17H2,1-2H3,(H2,18,19,20,21). The van der Waals surface area contributed by atoms with Crippen LogP contribution in [0.4, 0.5) is 11.6 Å². The Morgan fingerprint density at radius 2 is 1.76 bits per heavy atom. The van der Waals surface area contributed by atoms with Crippen LogP contribution >= 0.6 is 0 Å². The first-order valence-corrected chi connectivity index (χ1v) is 8.31. The lowest BCUT2D eigenvalue weighted by Crippen LogP contribution is -2.21. The van der Waals surface area contributed by atoms with Crippen molar-refractivity contribution in [3.05, 3.63) is 11.4 Å². The first kappa shape index (κ1) is 14.6. The fourth-order valence-corrected chi connectivity index (χ4v) is 3.19. The summed E-state index contributed by atoms with van der Waals surface area (Å²) in [6.07, 6.45) is 7.60. The summed E-state index contributed by atoms with van der Waals surface area (Å²) in [5.74, 6) is 10.9. The Labute approximate surface area is 127 Å². The summed E-state index contributed by atoms with van der Waals surface area (Å²) in [4.78, 5) is 9.16. The van der Waals surface area contributed by atoms with Gasteiger partial charge in [0, 0.05) is 18.5 Å². The van der Waals surface area contributed by atoms with Crippen molar-refractivity contribution in [3.63, 3.8) is 0 Å². The third-order valence-electron chi connectivity index (χ3n) is 4.76. The minimum atomic E-state index is 0.741. The lowest BCUT2D eigenvalue weighted by atomic mass is 9.98. The number of hydrogen-bond acceptors (Lipinski definition) is 5. The molecular weight excluding hydrogens is 262 g/mol. The number of anilines is 2. The van der Waals surface area contributed by atoms with E-state index in [4.69, 9.17) is 5.84 Å². The van der Waals surface area contributed by atoms with E-state index < -0.39 is 0 Å². The van der Waals surface area contributed by atoms with Crippen molar-refractivity contribution in [1.29, 1.82) is 0 Å². The second-order valence-electron chi connectivity index (χ2n) is 6.58. The fourth-order valence-electron chi connectivity index (χ4n) is 3.19. The minimum Gasteiger partial charge on any atom is -0.369 e. The van der Waals surface area contributed by atoms with Gasteiger partial charge in [0.05, 0.1) is 0 Å².